The van der Waals surface area contributed by atoms with Gasteiger partial charge in [-0.25, -0.2) is 0 Å². The number of hydrogen-bond acceptors (Lipinski definition) is 4. The maximum atomic E-state index is 11.5. The monoisotopic (exact) mass is 257 g/mol. The number of rotatable bonds is 3. The molecule has 0 aliphatic heterocycles. The van der Waals surface area contributed by atoms with Crippen LogP contribution in [-0.4, -0.2) is 15.8 Å². The van der Waals surface area contributed by atoms with Gasteiger partial charge in [0.25, 0.3) is 5.69 Å². The number of carbonyl (C=O) groups is 1. The molecule has 5 nitrogen and oxygen atoms in total. The summed E-state index contributed by atoms with van der Waals surface area (Å²) in [6.45, 7) is 1.27. The van der Waals surface area contributed by atoms with Crippen LogP contribution in [0.4, 0.5) is 5.69 Å². The second-order valence-electron chi connectivity index (χ2n) is 4.06. The van der Waals surface area contributed by atoms with Crippen molar-refractivity contribution in [3.63, 3.8) is 0 Å². The fourth-order valence-corrected chi connectivity index (χ4v) is 1.86. The topological polar surface area (TPSA) is 80.4 Å². The number of phenolic OH excluding ortho intramolecular Hbond substituents is 1. The third-order valence-corrected chi connectivity index (χ3v) is 2.79. The Bertz CT molecular complexity index is 664. The number of phenols is 1. The highest BCUT2D eigenvalue weighted by atomic mass is 16.6. The van der Waals surface area contributed by atoms with E-state index in [1.807, 2.05) is 0 Å². The van der Waals surface area contributed by atoms with Crippen LogP contribution in [-0.2, 0) is 0 Å². The van der Waals surface area contributed by atoms with Crippen LogP contribution in [0.3, 0.4) is 0 Å². The molecule has 0 saturated heterocycles. The average molecular weight is 257 g/mol. The summed E-state index contributed by atoms with van der Waals surface area (Å²) in [7, 11) is 0. The van der Waals surface area contributed by atoms with E-state index in [1.54, 1.807) is 18.2 Å². The maximum Gasteiger partial charge on any atom is 0.280 e. The number of Topliss-reactive ketones (excluding diaryl/α,β-unsaturated/α-hetero) is 1. The van der Waals surface area contributed by atoms with Crippen LogP contribution in [0, 0.1) is 10.1 Å². The second kappa shape index (κ2) is 4.89. The van der Waals surface area contributed by atoms with Crippen molar-refractivity contribution < 1.29 is 14.8 Å². The predicted molar refractivity (Wildman–Crippen MR) is 70.2 cm³/mol. The van der Waals surface area contributed by atoms with Gasteiger partial charge in [-0.3, -0.25) is 14.9 Å². The smallest absolute Gasteiger partial charge is 0.280 e. The van der Waals surface area contributed by atoms with E-state index in [0.717, 1.165) is 0 Å². The minimum absolute atomic E-state index is 0.0331. The molecule has 0 aromatic heterocycles. The minimum atomic E-state index is -0.592. The van der Waals surface area contributed by atoms with Crippen LogP contribution in [0.2, 0.25) is 0 Å². The zero-order chi connectivity index (χ0) is 14.0. The summed E-state index contributed by atoms with van der Waals surface area (Å²) in [6.07, 6.45) is 0. The van der Waals surface area contributed by atoms with Gasteiger partial charge in [0.1, 0.15) is 5.75 Å². The van der Waals surface area contributed by atoms with E-state index in [2.05, 4.69) is 0 Å². The molecule has 0 unspecified atom stereocenters. The summed E-state index contributed by atoms with van der Waals surface area (Å²) in [4.78, 5) is 21.7. The molecule has 0 aliphatic rings. The minimum Gasteiger partial charge on any atom is -0.507 e. The molecular weight excluding hydrogens is 246 g/mol. The summed E-state index contributed by atoms with van der Waals surface area (Å²) < 4.78 is 0. The first kappa shape index (κ1) is 12.8. The Morgan fingerprint density at radius 2 is 1.89 bits per heavy atom. The molecule has 96 valence electrons. The molecule has 0 bridgehead atoms. The lowest BCUT2D eigenvalue weighted by Gasteiger charge is -2.06. The van der Waals surface area contributed by atoms with E-state index in [-0.39, 0.29) is 22.8 Å². The highest BCUT2D eigenvalue weighted by Gasteiger charge is 2.18. The van der Waals surface area contributed by atoms with Gasteiger partial charge in [-0.1, -0.05) is 18.2 Å². The van der Waals surface area contributed by atoms with Gasteiger partial charge >= 0.3 is 0 Å². The van der Waals surface area contributed by atoms with Gasteiger partial charge in [0.2, 0.25) is 0 Å². The summed E-state index contributed by atoms with van der Waals surface area (Å²) in [5.74, 6) is -0.324. The normalized spacial score (nSPS) is 10.2. The first-order valence-electron chi connectivity index (χ1n) is 5.58. The standard InChI is InChI=1S/C14H11NO4/c1-9(16)12-8-10(6-7-13(12)15(18)19)11-4-2-3-5-14(11)17/h2-8,17H,1H3. The van der Waals surface area contributed by atoms with Crippen molar-refractivity contribution in [3.8, 4) is 16.9 Å². The molecular formula is C14H11NO4. The van der Waals surface area contributed by atoms with E-state index >= 15 is 0 Å². The zero-order valence-corrected chi connectivity index (χ0v) is 10.2. The summed E-state index contributed by atoms with van der Waals surface area (Å²) in [5, 5.41) is 20.6. The summed E-state index contributed by atoms with van der Waals surface area (Å²) in [5.41, 5.74) is 0.895. The van der Waals surface area contributed by atoms with Crippen molar-refractivity contribution in [3.05, 3.63) is 58.1 Å². The SMILES string of the molecule is CC(=O)c1cc(-c2ccccc2O)ccc1[N+](=O)[O-]. The van der Waals surface area contributed by atoms with Crippen molar-refractivity contribution in [2.24, 2.45) is 0 Å². The molecule has 19 heavy (non-hydrogen) atoms. The van der Waals surface area contributed by atoms with E-state index in [9.17, 15) is 20.0 Å². The number of nitro groups is 1. The third-order valence-electron chi connectivity index (χ3n) is 2.79. The van der Waals surface area contributed by atoms with E-state index in [0.29, 0.717) is 11.1 Å². The Labute approximate surface area is 109 Å². The first-order chi connectivity index (χ1) is 9.00. The fourth-order valence-electron chi connectivity index (χ4n) is 1.86. The van der Waals surface area contributed by atoms with Crippen molar-refractivity contribution in [2.45, 2.75) is 6.92 Å². The maximum absolute atomic E-state index is 11.5. The van der Waals surface area contributed by atoms with Crippen LogP contribution in [0.1, 0.15) is 17.3 Å². The number of hydrogen-bond donors (Lipinski definition) is 1. The molecule has 0 aliphatic carbocycles. The third kappa shape index (κ3) is 2.44. The Morgan fingerprint density at radius 1 is 1.21 bits per heavy atom. The van der Waals surface area contributed by atoms with Crippen molar-refractivity contribution in [1.82, 2.24) is 0 Å². The van der Waals surface area contributed by atoms with E-state index < -0.39 is 4.92 Å². The Kier molecular flexibility index (Phi) is 3.29. The number of nitrogens with zero attached hydrogens (tertiary/aromatic N) is 1. The van der Waals surface area contributed by atoms with Crippen LogP contribution in [0.5, 0.6) is 5.75 Å². The van der Waals surface area contributed by atoms with Gasteiger partial charge in [0.05, 0.1) is 10.5 Å². The lowest BCUT2D eigenvalue weighted by molar-refractivity contribution is -0.385. The molecule has 5 heteroatoms. The van der Waals surface area contributed by atoms with Gasteiger partial charge in [-0.05, 0) is 30.7 Å². The lowest BCUT2D eigenvalue weighted by Crippen LogP contribution is -2.00. The molecule has 0 amide bonds. The number of nitro benzene ring substituents is 1. The van der Waals surface area contributed by atoms with E-state index in [1.165, 1.54) is 31.2 Å². The first-order valence-corrected chi connectivity index (χ1v) is 5.58. The lowest BCUT2D eigenvalue weighted by atomic mass is 9.99. The molecule has 2 aromatic carbocycles. The molecule has 0 saturated carbocycles. The predicted octanol–water partition coefficient (Wildman–Crippen LogP) is 3.17. The molecule has 2 aromatic rings. The number of ketones is 1. The van der Waals surface area contributed by atoms with E-state index in [4.69, 9.17) is 0 Å². The van der Waals surface area contributed by atoms with Crippen molar-refractivity contribution >= 4 is 11.5 Å². The van der Waals surface area contributed by atoms with Crippen LogP contribution in [0.15, 0.2) is 42.5 Å². The molecule has 2 rings (SSSR count). The highest BCUT2D eigenvalue weighted by Crippen LogP contribution is 2.32. The van der Waals surface area contributed by atoms with Crippen molar-refractivity contribution in [1.29, 1.82) is 0 Å². The molecule has 0 spiro atoms. The Morgan fingerprint density at radius 3 is 2.47 bits per heavy atom. The van der Waals surface area contributed by atoms with Gasteiger partial charge in [-0.15, -0.1) is 0 Å². The Balaban J connectivity index is 2.62. The number of carbonyl (C=O) groups excluding carboxylic acids is 1. The molecule has 0 atom stereocenters. The number of para-hydroxylation sites is 1. The fraction of sp³-hybridized carbons (Fsp3) is 0.0714. The molecule has 0 radical (unpaired) electrons. The largest absolute Gasteiger partial charge is 0.507 e. The highest BCUT2D eigenvalue weighted by molar-refractivity contribution is 5.99. The zero-order valence-electron chi connectivity index (χ0n) is 10.2. The van der Waals surface area contributed by atoms with Gasteiger partial charge in [0, 0.05) is 11.6 Å². The number of aromatic hydroxyl groups is 1. The summed E-state index contributed by atoms with van der Waals surface area (Å²) in [6, 6.07) is 10.8. The van der Waals surface area contributed by atoms with Crippen LogP contribution >= 0.6 is 0 Å². The molecule has 0 heterocycles. The number of benzene rings is 2. The summed E-state index contributed by atoms with van der Waals surface area (Å²) >= 11 is 0. The van der Waals surface area contributed by atoms with Gasteiger partial charge < -0.3 is 5.11 Å². The van der Waals surface area contributed by atoms with Crippen LogP contribution < -0.4 is 0 Å². The van der Waals surface area contributed by atoms with Crippen LogP contribution in [0.25, 0.3) is 11.1 Å². The van der Waals surface area contributed by atoms with Gasteiger partial charge in [-0.2, -0.15) is 0 Å². The average Bonchev–Trinajstić information content (AvgIpc) is 2.38. The Hall–Kier alpha value is -2.69. The molecule has 0 fully saturated rings. The van der Waals surface area contributed by atoms with Gasteiger partial charge in [0.15, 0.2) is 5.78 Å². The quantitative estimate of drug-likeness (QED) is 0.520. The molecule has 1 N–H and O–H groups in total. The second-order valence-corrected chi connectivity index (χ2v) is 4.06. The van der Waals surface area contributed by atoms with Crippen molar-refractivity contribution in [2.75, 3.05) is 0 Å².